The zero-order valence-electron chi connectivity index (χ0n) is 32.4. The van der Waals surface area contributed by atoms with Crippen LogP contribution in [0, 0.1) is 17.8 Å². The molecule has 2 unspecified atom stereocenters. The first-order valence-electron chi connectivity index (χ1n) is 18.3. The molecular weight excluding hydrogens is 616 g/mol. The highest BCUT2D eigenvalue weighted by atomic mass is 16.6. The number of ether oxygens (including phenoxy) is 3. The standard InChI is InChI=1S/C20H23NO3.C13H23NO3.C6H14.C2H6/c1-23-13-7-6-12-20(14-21-15-22)16-8-2-4-10-18(16)24-19-11-5-3-9-17(19)20;1-9-6-11(10(2)15)8-14(7-9)12(16)17-13(3,4)5;1-4-5-6(2)3;1-2/h2-5,8-11,15H,6-7,12-14H2,1H3,(H,21,22);9,11H,6-8H2,1-5H3;6H,4-5H2,1-3H3;1-2H3. The molecule has 0 spiro atoms. The number of likely N-dealkylation sites (tertiary alicyclic amines) is 1. The molecule has 1 N–H and O–H groups in total. The van der Waals surface area contributed by atoms with Crippen molar-refractivity contribution < 1.29 is 28.6 Å². The van der Waals surface area contributed by atoms with Gasteiger partial charge in [0.1, 0.15) is 22.9 Å². The second kappa shape index (κ2) is 22.4. The van der Waals surface area contributed by atoms with Gasteiger partial charge in [0.05, 0.1) is 0 Å². The van der Waals surface area contributed by atoms with Gasteiger partial charge in [0, 0.05) is 55.8 Å². The van der Waals surface area contributed by atoms with Crippen LogP contribution < -0.4 is 10.1 Å². The fraction of sp³-hybridized carbons (Fsp3) is 0.634. The second-order valence-electron chi connectivity index (χ2n) is 14.3. The molecule has 4 rings (SSSR count). The van der Waals surface area contributed by atoms with Crippen LogP contribution in [0.25, 0.3) is 0 Å². The molecule has 1 saturated heterocycles. The summed E-state index contributed by atoms with van der Waals surface area (Å²) < 4.78 is 16.6. The fourth-order valence-corrected chi connectivity index (χ4v) is 6.30. The first-order chi connectivity index (χ1) is 23.3. The molecule has 0 aromatic heterocycles. The summed E-state index contributed by atoms with van der Waals surface area (Å²) in [6.07, 6.45) is 6.97. The van der Waals surface area contributed by atoms with Crippen LogP contribution in [0.2, 0.25) is 0 Å². The second-order valence-corrected chi connectivity index (χ2v) is 14.3. The van der Waals surface area contributed by atoms with Gasteiger partial charge >= 0.3 is 6.09 Å². The summed E-state index contributed by atoms with van der Waals surface area (Å²) >= 11 is 0. The zero-order chi connectivity index (χ0) is 37.0. The van der Waals surface area contributed by atoms with Crippen molar-refractivity contribution in [2.24, 2.45) is 17.8 Å². The molecule has 0 aliphatic carbocycles. The molecule has 2 aliphatic rings. The van der Waals surface area contributed by atoms with Gasteiger partial charge in [-0.15, -0.1) is 0 Å². The van der Waals surface area contributed by atoms with Gasteiger partial charge in [-0.2, -0.15) is 0 Å². The lowest BCUT2D eigenvalue weighted by Crippen LogP contribution is -2.47. The molecular formula is C41H66N2O6. The van der Waals surface area contributed by atoms with Gasteiger partial charge in [-0.25, -0.2) is 4.79 Å². The summed E-state index contributed by atoms with van der Waals surface area (Å²) in [5.74, 6) is 3.11. The van der Waals surface area contributed by atoms with E-state index in [-0.39, 0.29) is 23.2 Å². The van der Waals surface area contributed by atoms with Crippen LogP contribution in [0.5, 0.6) is 11.5 Å². The quantitative estimate of drug-likeness (QED) is 0.187. The normalized spacial score (nSPS) is 17.2. The van der Waals surface area contributed by atoms with Crippen molar-refractivity contribution in [3.8, 4) is 11.5 Å². The smallest absolute Gasteiger partial charge is 0.410 e. The van der Waals surface area contributed by atoms with Gasteiger partial charge in [-0.05, 0) is 77.3 Å². The number of ketones is 1. The Hall–Kier alpha value is -3.39. The first-order valence-corrected chi connectivity index (χ1v) is 18.3. The minimum absolute atomic E-state index is 0.0359. The van der Waals surface area contributed by atoms with Crippen LogP contribution in [0.3, 0.4) is 0 Å². The fourth-order valence-electron chi connectivity index (χ4n) is 6.30. The van der Waals surface area contributed by atoms with Gasteiger partial charge in [0.25, 0.3) is 0 Å². The molecule has 0 radical (unpaired) electrons. The summed E-state index contributed by atoms with van der Waals surface area (Å²) in [5, 5.41) is 2.91. The molecule has 0 bridgehead atoms. The van der Waals surface area contributed by atoms with E-state index in [1.54, 1.807) is 18.9 Å². The molecule has 2 aromatic rings. The topological polar surface area (TPSA) is 94.2 Å². The largest absolute Gasteiger partial charge is 0.457 e. The van der Waals surface area contributed by atoms with E-state index in [1.807, 2.05) is 71.0 Å². The zero-order valence-corrected chi connectivity index (χ0v) is 32.4. The van der Waals surface area contributed by atoms with Crippen LogP contribution in [0.15, 0.2) is 48.5 Å². The number of fused-ring (bicyclic) bond motifs is 2. The van der Waals surface area contributed by atoms with E-state index < -0.39 is 5.60 Å². The van der Waals surface area contributed by atoms with Crippen LogP contribution in [-0.4, -0.2) is 62.1 Å². The predicted molar refractivity (Wildman–Crippen MR) is 200 cm³/mol. The third-order valence-corrected chi connectivity index (χ3v) is 8.47. The minimum Gasteiger partial charge on any atom is -0.457 e. The minimum atomic E-state index is -0.483. The average molecular weight is 683 g/mol. The van der Waals surface area contributed by atoms with Crippen LogP contribution in [-0.2, 0) is 24.5 Å². The SMILES string of the molecule is CC.CC(=O)C1CC(C)CN(C(=O)OC(C)(C)C)C1.CCCC(C)C.COCCCCC1(CNC=O)c2ccccc2Oc2ccccc21. The van der Waals surface area contributed by atoms with Crippen LogP contribution >= 0.6 is 0 Å². The van der Waals surface area contributed by atoms with E-state index in [4.69, 9.17) is 14.2 Å². The summed E-state index contributed by atoms with van der Waals surface area (Å²) in [4.78, 5) is 36.0. The Morgan fingerprint density at radius 2 is 1.59 bits per heavy atom. The van der Waals surface area contributed by atoms with Crippen LogP contribution in [0.4, 0.5) is 4.79 Å². The number of piperidine rings is 1. The summed E-state index contributed by atoms with van der Waals surface area (Å²) in [5.41, 5.74) is 1.51. The lowest BCUT2D eigenvalue weighted by atomic mass is 9.69. The number of unbranched alkanes of at least 4 members (excludes halogenated alkanes) is 1. The predicted octanol–water partition coefficient (Wildman–Crippen LogP) is 9.58. The van der Waals surface area contributed by atoms with E-state index in [0.29, 0.717) is 25.6 Å². The van der Waals surface area contributed by atoms with Gasteiger partial charge in [0.15, 0.2) is 0 Å². The van der Waals surface area contributed by atoms with Crippen molar-refractivity contribution in [3.05, 3.63) is 59.7 Å². The molecule has 49 heavy (non-hydrogen) atoms. The van der Waals surface area contributed by atoms with Gasteiger partial charge in [-0.3, -0.25) is 9.59 Å². The maximum Gasteiger partial charge on any atom is 0.410 e. The molecule has 1 fully saturated rings. The number of rotatable bonds is 11. The Labute approximate surface area is 297 Å². The Morgan fingerprint density at radius 1 is 1.02 bits per heavy atom. The number of hydrogen-bond donors (Lipinski definition) is 1. The highest BCUT2D eigenvalue weighted by Gasteiger charge is 2.41. The molecule has 2 amide bonds. The van der Waals surface area contributed by atoms with E-state index in [0.717, 1.165) is 67.2 Å². The number of benzene rings is 2. The number of Topliss-reactive ketones (excluding diaryl/α,β-unsaturated/α-hetero) is 1. The number of carbonyl (C=O) groups excluding carboxylic acids is 3. The molecule has 2 aromatic carbocycles. The molecule has 8 heteroatoms. The Balaban J connectivity index is 0.000000419. The third kappa shape index (κ3) is 14.5. The lowest BCUT2D eigenvalue weighted by molar-refractivity contribution is -0.122. The highest BCUT2D eigenvalue weighted by molar-refractivity contribution is 5.79. The van der Waals surface area contributed by atoms with Crippen molar-refractivity contribution in [2.45, 2.75) is 119 Å². The lowest BCUT2D eigenvalue weighted by Gasteiger charge is -2.40. The van der Waals surface area contributed by atoms with Gasteiger partial charge < -0.3 is 24.4 Å². The van der Waals surface area contributed by atoms with Crippen molar-refractivity contribution in [3.63, 3.8) is 0 Å². The molecule has 0 saturated carbocycles. The van der Waals surface area contributed by atoms with Crippen LogP contribution in [0.1, 0.15) is 119 Å². The van der Waals surface area contributed by atoms with Crippen molar-refractivity contribution >= 4 is 18.3 Å². The summed E-state index contributed by atoms with van der Waals surface area (Å²) in [7, 11) is 1.72. The number of nitrogens with zero attached hydrogens (tertiary/aromatic N) is 1. The molecule has 2 aliphatic heterocycles. The van der Waals surface area contributed by atoms with Gasteiger partial charge in [-0.1, -0.05) is 90.8 Å². The number of amides is 2. The number of para-hydroxylation sites is 2. The van der Waals surface area contributed by atoms with Crippen molar-refractivity contribution in [1.82, 2.24) is 10.2 Å². The number of carbonyl (C=O) groups is 3. The van der Waals surface area contributed by atoms with Crippen molar-refractivity contribution in [2.75, 3.05) is 33.4 Å². The molecule has 8 nitrogen and oxygen atoms in total. The summed E-state index contributed by atoms with van der Waals surface area (Å²) in [6, 6.07) is 16.2. The van der Waals surface area contributed by atoms with Gasteiger partial charge in [0.2, 0.25) is 6.41 Å². The monoisotopic (exact) mass is 682 g/mol. The molecule has 2 atom stereocenters. The van der Waals surface area contributed by atoms with E-state index in [1.165, 1.54) is 12.8 Å². The van der Waals surface area contributed by atoms with E-state index in [2.05, 4.69) is 45.1 Å². The third-order valence-electron chi connectivity index (χ3n) is 8.47. The average Bonchev–Trinajstić information content (AvgIpc) is 3.06. The number of nitrogens with one attached hydrogen (secondary N) is 1. The Morgan fingerprint density at radius 3 is 2.04 bits per heavy atom. The maximum atomic E-state index is 11.9. The molecule has 276 valence electrons. The maximum absolute atomic E-state index is 11.9. The summed E-state index contributed by atoms with van der Waals surface area (Å²) in [6.45, 7) is 22.4. The molecule has 2 heterocycles. The first kappa shape index (κ1) is 43.6. The van der Waals surface area contributed by atoms with E-state index in [9.17, 15) is 14.4 Å². The number of methoxy groups -OCH3 is 1. The van der Waals surface area contributed by atoms with E-state index >= 15 is 0 Å². The Bertz CT molecular complexity index is 1210. The van der Waals surface area contributed by atoms with Crippen molar-refractivity contribution in [1.29, 1.82) is 0 Å². The Kier molecular flexibility index (Phi) is 19.9. The number of hydrogen-bond acceptors (Lipinski definition) is 6. The highest BCUT2D eigenvalue weighted by Crippen LogP contribution is 2.50.